The monoisotopic (exact) mass is 543 g/mol. The van der Waals surface area contributed by atoms with Crippen molar-refractivity contribution in [2.45, 2.75) is 31.6 Å². The Bertz CT molecular complexity index is 1090. The summed E-state index contributed by atoms with van der Waals surface area (Å²) >= 11 is 2.45. The molecule has 0 bridgehead atoms. The minimum absolute atomic E-state index is 0.0338. The van der Waals surface area contributed by atoms with Crippen LogP contribution >= 0.6 is 23.1 Å². The second-order valence-corrected chi connectivity index (χ2v) is 9.21. The quantitative estimate of drug-likeness (QED) is 0.137. The first-order chi connectivity index (χ1) is 17.2. The maximum absolute atomic E-state index is 13.1. The molecule has 3 heterocycles. The van der Waals surface area contributed by atoms with Gasteiger partial charge in [0.15, 0.2) is 10.8 Å². The number of hydrogen-bond donors (Lipinski definition) is 2. The van der Waals surface area contributed by atoms with Crippen molar-refractivity contribution >= 4 is 57.9 Å². The summed E-state index contributed by atoms with van der Waals surface area (Å²) in [6, 6.07) is -0.958. The number of nitrogens with zero attached hydrogens (tertiary/aromatic N) is 3. The van der Waals surface area contributed by atoms with Crippen LogP contribution in [0.2, 0.25) is 0 Å². The third-order valence-corrected chi connectivity index (χ3v) is 6.82. The van der Waals surface area contributed by atoms with Crippen LogP contribution in [0.25, 0.3) is 0 Å². The summed E-state index contributed by atoms with van der Waals surface area (Å²) in [5, 5.41) is 7.48. The van der Waals surface area contributed by atoms with E-state index in [-0.39, 0.29) is 35.4 Å². The number of anilines is 1. The van der Waals surface area contributed by atoms with Gasteiger partial charge in [-0.25, -0.2) is 14.6 Å². The molecule has 3 atom stereocenters. The van der Waals surface area contributed by atoms with Crippen LogP contribution in [0.1, 0.15) is 19.5 Å². The number of rotatable bonds is 10. The molecular weight excluding hydrogens is 518 g/mol. The second-order valence-electron chi connectivity index (χ2n) is 7.21. The number of thiazole rings is 1. The maximum atomic E-state index is 13.1. The molecule has 2 amide bonds. The molecule has 0 saturated carbocycles. The molecule has 14 nitrogen and oxygen atoms in total. The average molecular weight is 544 g/mol. The van der Waals surface area contributed by atoms with Gasteiger partial charge < -0.3 is 34.8 Å². The topological polar surface area (TPSA) is 181 Å². The maximum Gasteiger partial charge on any atom is 0.511 e. The zero-order chi connectivity index (χ0) is 26.4. The number of ether oxygens (including phenoxy) is 4. The molecule has 0 spiro atoms. The van der Waals surface area contributed by atoms with Crippen LogP contribution < -0.4 is 11.1 Å². The highest BCUT2D eigenvalue weighted by atomic mass is 32.2. The zero-order valence-electron chi connectivity index (χ0n) is 19.8. The van der Waals surface area contributed by atoms with Gasteiger partial charge in [0.05, 0.1) is 13.2 Å². The zero-order valence-corrected chi connectivity index (χ0v) is 21.5. The molecule has 1 aromatic heterocycles. The number of methoxy groups -OCH3 is 1. The summed E-state index contributed by atoms with van der Waals surface area (Å²) in [6.07, 6.45) is -2.27. The first-order valence-electron chi connectivity index (χ1n) is 10.5. The molecular formula is C20H25N5O9S2. The Labute approximate surface area is 214 Å². The van der Waals surface area contributed by atoms with E-state index in [0.717, 1.165) is 11.3 Å². The third-order valence-electron chi connectivity index (χ3n) is 4.81. The summed E-state index contributed by atoms with van der Waals surface area (Å²) in [6.45, 7) is 3.08. The second kappa shape index (κ2) is 12.0. The van der Waals surface area contributed by atoms with Crippen molar-refractivity contribution in [2.24, 2.45) is 5.16 Å². The van der Waals surface area contributed by atoms with Gasteiger partial charge in [0.2, 0.25) is 6.29 Å². The predicted molar refractivity (Wildman–Crippen MR) is 128 cm³/mol. The molecule has 0 aliphatic carbocycles. The van der Waals surface area contributed by atoms with Crippen LogP contribution in [0.3, 0.4) is 0 Å². The Hall–Kier alpha value is -3.37. The number of hydrogen-bond acceptors (Lipinski definition) is 14. The Morgan fingerprint density at radius 1 is 1.33 bits per heavy atom. The number of oxime groups is 1. The number of thioether (sulfide) groups is 1. The van der Waals surface area contributed by atoms with Gasteiger partial charge in [0.1, 0.15) is 29.9 Å². The molecule has 0 radical (unpaired) electrons. The molecule has 36 heavy (non-hydrogen) atoms. The van der Waals surface area contributed by atoms with Gasteiger partial charge in [-0.3, -0.25) is 14.5 Å². The third kappa shape index (κ3) is 5.88. The number of aromatic nitrogens is 1. The summed E-state index contributed by atoms with van der Waals surface area (Å²) in [5.74, 6) is -1.81. The lowest BCUT2D eigenvalue weighted by Crippen LogP contribution is -2.71. The Morgan fingerprint density at radius 3 is 2.69 bits per heavy atom. The number of nitrogen functional groups attached to an aromatic ring is 1. The number of nitrogens with one attached hydrogen (secondary N) is 1. The van der Waals surface area contributed by atoms with Crippen molar-refractivity contribution in [1.29, 1.82) is 0 Å². The molecule has 1 aromatic rings. The average Bonchev–Trinajstić information content (AvgIpc) is 3.26. The van der Waals surface area contributed by atoms with Crippen molar-refractivity contribution < 1.29 is 43.0 Å². The fraction of sp³-hybridized carbons (Fsp3) is 0.500. The van der Waals surface area contributed by atoms with E-state index in [1.54, 1.807) is 6.92 Å². The van der Waals surface area contributed by atoms with Crippen LogP contribution in [0.15, 0.2) is 21.8 Å². The van der Waals surface area contributed by atoms with Crippen LogP contribution in [0.5, 0.6) is 0 Å². The summed E-state index contributed by atoms with van der Waals surface area (Å²) < 4.78 is 19.9. The van der Waals surface area contributed by atoms with Crippen LogP contribution in [-0.2, 0) is 38.2 Å². The number of β-lactam (4-membered cyclic amide) rings is 1. The molecule has 196 valence electrons. The number of nitrogens with two attached hydrogens (primary N) is 1. The fourth-order valence-electron chi connectivity index (χ4n) is 3.38. The van der Waals surface area contributed by atoms with E-state index in [1.165, 1.54) is 43.2 Å². The lowest BCUT2D eigenvalue weighted by atomic mass is 10.0. The van der Waals surface area contributed by atoms with Crippen LogP contribution in [0.4, 0.5) is 9.93 Å². The largest absolute Gasteiger partial charge is 0.511 e. The highest BCUT2D eigenvalue weighted by Crippen LogP contribution is 2.41. The fourth-order valence-corrected chi connectivity index (χ4v) is 5.25. The number of carbonyl (C=O) groups excluding carboxylic acids is 4. The molecule has 2 aliphatic heterocycles. The van der Waals surface area contributed by atoms with Gasteiger partial charge >= 0.3 is 12.1 Å². The van der Waals surface area contributed by atoms with Crippen LogP contribution in [0, 0.1) is 0 Å². The van der Waals surface area contributed by atoms with Gasteiger partial charge in [0.25, 0.3) is 11.8 Å². The molecule has 3 unspecified atom stereocenters. The standard InChI is InChI=1S/C20H25N5O9S2/c1-5-32-20(29)34-9(2)33-18(28)14-10(6-30-3)7-35-17-13(16(27)25(14)17)23-15(26)12(24-31-4)11-8-36-19(21)22-11/h8-9,13,17H,5-7H2,1-4H3,(H2,21,22)(H,23,26)/b24-12+. The smallest absolute Gasteiger partial charge is 0.435 e. The Balaban J connectivity index is 1.75. The van der Waals surface area contributed by atoms with E-state index in [4.69, 9.17) is 24.8 Å². The van der Waals surface area contributed by atoms with Gasteiger partial charge in [-0.15, -0.1) is 23.1 Å². The van der Waals surface area contributed by atoms with Crippen LogP contribution in [-0.4, -0.2) is 90.4 Å². The Kier molecular flexibility index (Phi) is 9.11. The van der Waals surface area contributed by atoms with Crippen molar-refractivity contribution in [2.75, 3.05) is 38.9 Å². The van der Waals surface area contributed by atoms with E-state index >= 15 is 0 Å². The molecule has 1 saturated heterocycles. The molecule has 0 aromatic carbocycles. The van der Waals surface area contributed by atoms with E-state index in [2.05, 4.69) is 20.2 Å². The number of fused-ring (bicyclic) bond motifs is 1. The molecule has 1 fully saturated rings. The van der Waals surface area contributed by atoms with Crippen molar-refractivity contribution in [1.82, 2.24) is 15.2 Å². The lowest BCUT2D eigenvalue weighted by molar-refractivity contribution is -0.169. The normalized spacial score (nSPS) is 20.2. The summed E-state index contributed by atoms with van der Waals surface area (Å²) in [4.78, 5) is 60.4. The summed E-state index contributed by atoms with van der Waals surface area (Å²) in [7, 11) is 2.71. The predicted octanol–water partition coefficient (Wildman–Crippen LogP) is 0.439. The highest BCUT2D eigenvalue weighted by Gasteiger charge is 2.55. The van der Waals surface area contributed by atoms with Crippen molar-refractivity contribution in [3.63, 3.8) is 0 Å². The SMILES string of the molecule is CCOC(=O)OC(C)OC(=O)C1=C(COC)CSC2C(NC(=O)/C(=N/OC)c3csc(N)n3)C(=O)N12. The molecule has 3 rings (SSSR count). The minimum Gasteiger partial charge on any atom is -0.435 e. The first kappa shape index (κ1) is 27.2. The van der Waals surface area contributed by atoms with E-state index in [1.807, 2.05) is 0 Å². The Morgan fingerprint density at radius 2 is 2.08 bits per heavy atom. The van der Waals surface area contributed by atoms with Gasteiger partial charge in [0, 0.05) is 25.2 Å². The lowest BCUT2D eigenvalue weighted by Gasteiger charge is -2.49. The summed E-state index contributed by atoms with van der Waals surface area (Å²) in [5.41, 5.74) is 6.15. The highest BCUT2D eigenvalue weighted by molar-refractivity contribution is 8.00. The first-order valence-corrected chi connectivity index (χ1v) is 12.5. The number of esters is 1. The van der Waals surface area contributed by atoms with Gasteiger partial charge in [-0.05, 0) is 12.5 Å². The molecule has 3 N–H and O–H groups in total. The molecule has 2 aliphatic rings. The number of carbonyl (C=O) groups is 4. The molecule has 16 heteroatoms. The van der Waals surface area contributed by atoms with E-state index < -0.39 is 41.6 Å². The minimum atomic E-state index is -1.27. The van der Waals surface area contributed by atoms with E-state index in [0.29, 0.717) is 11.3 Å². The van der Waals surface area contributed by atoms with E-state index in [9.17, 15) is 19.2 Å². The van der Waals surface area contributed by atoms with Crippen molar-refractivity contribution in [3.05, 3.63) is 22.3 Å². The van der Waals surface area contributed by atoms with Crippen molar-refractivity contribution in [3.8, 4) is 0 Å². The number of amides is 2. The van der Waals surface area contributed by atoms with Gasteiger partial charge in [-0.1, -0.05) is 5.16 Å². The van der Waals surface area contributed by atoms with Gasteiger partial charge in [-0.2, -0.15) is 0 Å².